The van der Waals surface area contributed by atoms with E-state index in [4.69, 9.17) is 0 Å². The molecule has 61 valence electrons. The fourth-order valence-corrected chi connectivity index (χ4v) is 2.70. The smallest absolute Gasteiger partial charge is 0.0532 e. The van der Waals surface area contributed by atoms with E-state index in [2.05, 4.69) is 35.1 Å². The highest BCUT2D eigenvalue weighted by Gasteiger charge is 2.10. The summed E-state index contributed by atoms with van der Waals surface area (Å²) in [7, 11) is 0. The van der Waals surface area contributed by atoms with E-state index in [1.54, 1.807) is 0 Å². The van der Waals surface area contributed by atoms with E-state index >= 15 is 0 Å². The molecule has 2 aliphatic rings. The lowest BCUT2D eigenvalue weighted by Crippen LogP contribution is -2.03. The molecule has 0 amide bonds. The topological polar surface area (TPSA) is 0 Å². The molecule has 2 heteroatoms. The van der Waals surface area contributed by atoms with E-state index in [1.807, 2.05) is 29.6 Å². The second-order valence-electron chi connectivity index (χ2n) is 2.55. The molecule has 0 bridgehead atoms. The first-order valence-corrected chi connectivity index (χ1v) is 5.84. The molecule has 0 spiro atoms. The van der Waals surface area contributed by atoms with Crippen LogP contribution in [-0.4, -0.2) is 11.0 Å². The highest BCUT2D eigenvalue weighted by molar-refractivity contribution is 8.03. The van der Waals surface area contributed by atoms with Crippen molar-refractivity contribution in [1.82, 2.24) is 0 Å². The summed E-state index contributed by atoms with van der Waals surface area (Å²) >= 11 is 3.70. The molecule has 0 N–H and O–H groups in total. The summed E-state index contributed by atoms with van der Waals surface area (Å²) in [5.74, 6) is 1.12. The minimum Gasteiger partial charge on any atom is -0.130 e. The molecular weight excluding hydrogens is 184 g/mol. The zero-order valence-corrected chi connectivity index (χ0v) is 8.20. The minimum absolute atomic E-state index is 0.485. The average molecular weight is 193 g/mol. The van der Waals surface area contributed by atoms with Gasteiger partial charge >= 0.3 is 0 Å². The monoisotopic (exact) mass is 193 g/mol. The Morgan fingerprint density at radius 1 is 1.50 bits per heavy atom. The quantitative estimate of drug-likeness (QED) is 0.627. The van der Waals surface area contributed by atoms with Crippen LogP contribution in [0.4, 0.5) is 0 Å². The van der Waals surface area contributed by atoms with Gasteiger partial charge in [-0.05, 0) is 28.5 Å². The maximum absolute atomic E-state index is 3.12. The Hall–Kier alpha value is -0.340. The van der Waals surface area contributed by atoms with Gasteiger partial charge in [0.05, 0.1) is 5.25 Å². The van der Waals surface area contributed by atoms with Gasteiger partial charge in [-0.3, -0.25) is 0 Å². The summed E-state index contributed by atoms with van der Waals surface area (Å²) < 4.78 is 0. The number of allylic oxidation sites excluding steroid dienone is 3. The van der Waals surface area contributed by atoms with Crippen molar-refractivity contribution in [2.75, 3.05) is 5.75 Å². The Morgan fingerprint density at radius 2 is 2.50 bits per heavy atom. The predicted molar refractivity (Wildman–Crippen MR) is 58.0 cm³/mol. The van der Waals surface area contributed by atoms with Crippen LogP contribution in [0.2, 0.25) is 0 Å². The second kappa shape index (κ2) is 4.06. The Balaban J connectivity index is 2.09. The van der Waals surface area contributed by atoms with Gasteiger partial charge < -0.3 is 0 Å². The van der Waals surface area contributed by atoms with E-state index in [9.17, 15) is 0 Å². The van der Waals surface area contributed by atoms with Crippen LogP contribution in [-0.2, 0) is 0 Å². The summed E-state index contributed by atoms with van der Waals surface area (Å²) in [4.78, 5) is 0. The van der Waals surface area contributed by atoms with E-state index in [-0.39, 0.29) is 0 Å². The molecule has 0 fully saturated rings. The average Bonchev–Trinajstić information content (AvgIpc) is 2.21. The largest absolute Gasteiger partial charge is 0.130 e. The molecule has 0 saturated heterocycles. The van der Waals surface area contributed by atoms with Crippen molar-refractivity contribution in [3.8, 4) is 0 Å². The van der Waals surface area contributed by atoms with Gasteiger partial charge in [0.1, 0.15) is 0 Å². The summed E-state index contributed by atoms with van der Waals surface area (Å²) in [6.07, 6.45) is 11.6. The third-order valence-electron chi connectivity index (χ3n) is 1.69. The maximum atomic E-state index is 3.12. The number of thioether (sulfide) groups is 2. The molecule has 0 aromatic heterocycles. The van der Waals surface area contributed by atoms with E-state index in [0.29, 0.717) is 5.25 Å². The van der Waals surface area contributed by atoms with Crippen molar-refractivity contribution in [1.29, 1.82) is 0 Å². The standard InChI is InChI=1S/C10H9S2/c1-2-7-12-10(5-1)9-4-3-6-11-8-9/h2-5,7-8,10H,6H2. The molecule has 0 nitrogen and oxygen atoms in total. The van der Waals surface area contributed by atoms with Gasteiger partial charge in [-0.25, -0.2) is 0 Å². The van der Waals surface area contributed by atoms with Crippen molar-refractivity contribution < 1.29 is 0 Å². The van der Waals surface area contributed by atoms with Gasteiger partial charge in [0.2, 0.25) is 0 Å². The van der Waals surface area contributed by atoms with Crippen LogP contribution in [0.15, 0.2) is 40.7 Å². The summed E-state index contributed by atoms with van der Waals surface area (Å²) in [6.45, 7) is 0. The van der Waals surface area contributed by atoms with Gasteiger partial charge in [0.15, 0.2) is 0 Å². The van der Waals surface area contributed by atoms with Crippen molar-refractivity contribution in [2.24, 2.45) is 0 Å². The molecule has 0 saturated carbocycles. The first-order valence-electron chi connectivity index (χ1n) is 3.85. The zero-order valence-electron chi connectivity index (χ0n) is 6.57. The van der Waals surface area contributed by atoms with Gasteiger partial charge in [0, 0.05) is 5.75 Å². The fourth-order valence-electron chi connectivity index (χ4n) is 1.11. The minimum atomic E-state index is 0.485. The van der Waals surface area contributed by atoms with Crippen LogP contribution in [0.1, 0.15) is 0 Å². The van der Waals surface area contributed by atoms with Crippen molar-refractivity contribution in [3.05, 3.63) is 46.8 Å². The van der Waals surface area contributed by atoms with Crippen LogP contribution in [0.3, 0.4) is 0 Å². The van der Waals surface area contributed by atoms with Gasteiger partial charge in [0.25, 0.3) is 0 Å². The molecular formula is C10H9S2. The Morgan fingerprint density at radius 3 is 3.17 bits per heavy atom. The van der Waals surface area contributed by atoms with Crippen molar-refractivity contribution >= 4 is 23.5 Å². The molecule has 12 heavy (non-hydrogen) atoms. The van der Waals surface area contributed by atoms with Crippen LogP contribution in [0, 0.1) is 6.08 Å². The Bertz CT molecular complexity index is 272. The van der Waals surface area contributed by atoms with Crippen LogP contribution >= 0.6 is 23.5 Å². The Labute approximate surface area is 81.5 Å². The van der Waals surface area contributed by atoms with E-state index in [1.165, 1.54) is 5.57 Å². The summed E-state index contributed by atoms with van der Waals surface area (Å²) in [6, 6.07) is 0. The molecule has 2 rings (SSSR count). The molecule has 2 heterocycles. The number of rotatable bonds is 1. The molecule has 0 aromatic carbocycles. The van der Waals surface area contributed by atoms with Gasteiger partial charge in [-0.1, -0.05) is 18.2 Å². The molecule has 1 atom stereocenters. The second-order valence-corrected chi connectivity index (χ2v) is 4.50. The Kier molecular flexibility index (Phi) is 2.79. The molecule has 1 radical (unpaired) electrons. The highest BCUT2D eigenvalue weighted by atomic mass is 32.2. The SMILES string of the molecule is [C]1=CC(C2=CSCC=C2)SC=C1. The van der Waals surface area contributed by atoms with E-state index < -0.39 is 0 Å². The molecule has 1 unspecified atom stereocenters. The number of hydrogen-bond donors (Lipinski definition) is 0. The van der Waals surface area contributed by atoms with Crippen molar-refractivity contribution in [3.63, 3.8) is 0 Å². The summed E-state index contributed by atoms with van der Waals surface area (Å²) in [5.41, 5.74) is 1.40. The lowest BCUT2D eigenvalue weighted by Gasteiger charge is -2.15. The lowest BCUT2D eigenvalue weighted by molar-refractivity contribution is 1.30. The highest BCUT2D eigenvalue weighted by Crippen LogP contribution is 2.29. The third kappa shape index (κ3) is 1.87. The third-order valence-corrected chi connectivity index (χ3v) is 3.51. The summed E-state index contributed by atoms with van der Waals surface area (Å²) in [5, 5.41) is 4.83. The lowest BCUT2D eigenvalue weighted by atomic mass is 10.2. The zero-order chi connectivity index (χ0) is 8.23. The molecule has 0 aromatic rings. The number of hydrogen-bond acceptors (Lipinski definition) is 2. The normalized spacial score (nSPS) is 27.3. The van der Waals surface area contributed by atoms with Crippen LogP contribution in [0.25, 0.3) is 0 Å². The van der Waals surface area contributed by atoms with Gasteiger partial charge in [-0.2, -0.15) is 0 Å². The van der Waals surface area contributed by atoms with Crippen LogP contribution < -0.4 is 0 Å². The predicted octanol–water partition coefficient (Wildman–Crippen LogP) is 3.16. The van der Waals surface area contributed by atoms with Gasteiger partial charge in [-0.15, -0.1) is 23.5 Å². The first kappa shape index (κ1) is 8.27. The van der Waals surface area contributed by atoms with Crippen molar-refractivity contribution in [2.45, 2.75) is 5.25 Å². The fraction of sp³-hybridized carbons (Fsp3) is 0.200. The molecule has 0 aliphatic carbocycles. The van der Waals surface area contributed by atoms with Crippen LogP contribution in [0.5, 0.6) is 0 Å². The molecule has 2 aliphatic heterocycles. The van der Waals surface area contributed by atoms with E-state index in [0.717, 1.165) is 5.75 Å². The maximum Gasteiger partial charge on any atom is 0.0532 e. The first-order chi connectivity index (χ1) is 5.97.